The number of amides is 2. The fraction of sp³-hybridized carbons (Fsp3) is 0.818. The summed E-state index contributed by atoms with van der Waals surface area (Å²) in [5, 5.41) is 0. The molecule has 0 aliphatic carbocycles. The van der Waals surface area contributed by atoms with Crippen LogP contribution < -0.4 is 0 Å². The molecule has 0 aromatic carbocycles. The van der Waals surface area contributed by atoms with E-state index in [4.69, 9.17) is 40.0 Å². The highest BCUT2D eigenvalue weighted by Crippen LogP contribution is 2.02. The van der Waals surface area contributed by atoms with E-state index in [-0.39, 0.29) is 18.4 Å². The van der Waals surface area contributed by atoms with Gasteiger partial charge in [-0.25, -0.2) is 0 Å². The van der Waals surface area contributed by atoms with Crippen LogP contribution in [0.3, 0.4) is 0 Å². The van der Waals surface area contributed by atoms with Crippen molar-refractivity contribution < 1.29 is 38.0 Å². The van der Waals surface area contributed by atoms with Crippen LogP contribution in [0.15, 0.2) is 12.2 Å². The Bertz CT molecular complexity index is 488. The molecule has 32 heavy (non-hydrogen) atoms. The van der Waals surface area contributed by atoms with Crippen LogP contribution in [0, 0.1) is 0 Å². The molecule has 0 aromatic heterocycles. The van der Waals surface area contributed by atoms with Gasteiger partial charge in [0.05, 0.1) is 79.2 Å². The molecule has 186 valence electrons. The molecular formula is C22H38ClNO8. The van der Waals surface area contributed by atoms with Crippen molar-refractivity contribution in [1.82, 2.24) is 4.90 Å². The van der Waals surface area contributed by atoms with Crippen LogP contribution in [-0.2, 0) is 38.0 Å². The molecule has 0 radical (unpaired) electrons. The van der Waals surface area contributed by atoms with Gasteiger partial charge in [0.25, 0.3) is 11.8 Å². The number of rotatable bonds is 24. The van der Waals surface area contributed by atoms with Crippen molar-refractivity contribution in [2.24, 2.45) is 0 Å². The number of unbranched alkanes of at least 4 members (excludes halogenated alkanes) is 3. The van der Waals surface area contributed by atoms with Crippen LogP contribution >= 0.6 is 11.6 Å². The van der Waals surface area contributed by atoms with E-state index in [1.54, 1.807) is 0 Å². The minimum absolute atomic E-state index is 0.252. The van der Waals surface area contributed by atoms with Crippen molar-refractivity contribution >= 4 is 23.4 Å². The first kappa shape index (κ1) is 29.0. The number of halogens is 1. The molecule has 1 aliphatic rings. The van der Waals surface area contributed by atoms with Gasteiger partial charge in [-0.3, -0.25) is 14.5 Å². The average Bonchev–Trinajstić information content (AvgIpc) is 3.11. The van der Waals surface area contributed by atoms with Gasteiger partial charge in [0.15, 0.2) is 0 Å². The fourth-order valence-electron chi connectivity index (χ4n) is 2.66. The van der Waals surface area contributed by atoms with E-state index in [1.165, 1.54) is 18.6 Å². The topological polar surface area (TPSA) is 92.8 Å². The number of hydrogen-bond acceptors (Lipinski definition) is 8. The molecule has 0 aromatic rings. The Labute approximate surface area is 196 Å². The third kappa shape index (κ3) is 16.5. The number of carbonyl (C=O) groups is 2. The second-order valence-corrected chi connectivity index (χ2v) is 7.32. The molecule has 1 aliphatic heterocycles. The van der Waals surface area contributed by atoms with Gasteiger partial charge < -0.3 is 28.4 Å². The van der Waals surface area contributed by atoms with Crippen LogP contribution in [0.1, 0.15) is 25.7 Å². The molecule has 2 amide bonds. The number of carbonyl (C=O) groups excluding carboxylic acids is 2. The smallest absolute Gasteiger partial charge is 0.253 e. The number of imide groups is 1. The second-order valence-electron chi connectivity index (χ2n) is 6.94. The highest BCUT2D eigenvalue weighted by molar-refractivity contribution is 6.17. The zero-order chi connectivity index (χ0) is 23.1. The van der Waals surface area contributed by atoms with Gasteiger partial charge in [-0.15, -0.1) is 11.6 Å². The third-order valence-electron chi connectivity index (χ3n) is 4.39. The minimum Gasteiger partial charge on any atom is -0.379 e. The van der Waals surface area contributed by atoms with Gasteiger partial charge in [0.1, 0.15) is 0 Å². The zero-order valence-electron chi connectivity index (χ0n) is 19.0. The molecule has 1 heterocycles. The Hall–Kier alpha value is -1.07. The lowest BCUT2D eigenvalue weighted by molar-refractivity contribution is -0.137. The Morgan fingerprint density at radius 2 is 0.906 bits per heavy atom. The Balaban J connectivity index is 1.67. The molecule has 1 rings (SSSR count). The summed E-state index contributed by atoms with van der Waals surface area (Å²) in [5.41, 5.74) is 0. The highest BCUT2D eigenvalue weighted by atomic mass is 35.5. The fourth-order valence-corrected chi connectivity index (χ4v) is 2.85. The summed E-state index contributed by atoms with van der Waals surface area (Å²) in [6, 6.07) is 0. The predicted molar refractivity (Wildman–Crippen MR) is 120 cm³/mol. The molecule has 0 saturated heterocycles. The van der Waals surface area contributed by atoms with Crippen LogP contribution in [0.2, 0.25) is 0 Å². The number of nitrogens with zero attached hydrogens (tertiary/aromatic N) is 1. The molecule has 0 atom stereocenters. The summed E-state index contributed by atoms with van der Waals surface area (Å²) in [7, 11) is 0. The molecule has 0 spiro atoms. The number of alkyl halides is 1. The standard InChI is InChI=1S/C22H38ClNO8/c23-7-3-1-2-4-9-27-11-13-29-15-17-31-19-20-32-18-16-30-14-12-28-10-8-24-21(25)5-6-22(24)26/h5-6H,1-4,7-20H2. The van der Waals surface area contributed by atoms with Crippen molar-refractivity contribution in [3.8, 4) is 0 Å². The van der Waals surface area contributed by atoms with Gasteiger partial charge in [-0.05, 0) is 12.8 Å². The second kappa shape index (κ2) is 21.8. The van der Waals surface area contributed by atoms with E-state index in [2.05, 4.69) is 0 Å². The lowest BCUT2D eigenvalue weighted by atomic mass is 10.2. The van der Waals surface area contributed by atoms with Gasteiger partial charge >= 0.3 is 0 Å². The van der Waals surface area contributed by atoms with Crippen LogP contribution in [0.5, 0.6) is 0 Å². The first-order valence-corrected chi connectivity index (χ1v) is 11.8. The van der Waals surface area contributed by atoms with Crippen molar-refractivity contribution in [3.63, 3.8) is 0 Å². The molecule has 0 fully saturated rings. The number of hydrogen-bond donors (Lipinski definition) is 0. The van der Waals surface area contributed by atoms with E-state index >= 15 is 0 Å². The SMILES string of the molecule is O=C1C=CC(=O)N1CCOCCOCCOCCOCCOCCOCCCCCCCl. The molecule has 0 N–H and O–H groups in total. The summed E-state index contributed by atoms with van der Waals surface area (Å²) in [5.74, 6) is 0.144. The van der Waals surface area contributed by atoms with Crippen LogP contribution in [0.4, 0.5) is 0 Å². The van der Waals surface area contributed by atoms with Crippen molar-refractivity contribution in [2.45, 2.75) is 25.7 Å². The van der Waals surface area contributed by atoms with Crippen molar-refractivity contribution in [3.05, 3.63) is 12.2 Å². The number of ether oxygens (including phenoxy) is 6. The van der Waals surface area contributed by atoms with Crippen molar-refractivity contribution in [1.29, 1.82) is 0 Å². The first-order valence-electron chi connectivity index (χ1n) is 11.3. The summed E-state index contributed by atoms with van der Waals surface area (Å²) in [6.07, 6.45) is 7.00. The summed E-state index contributed by atoms with van der Waals surface area (Å²) in [4.78, 5) is 23.8. The van der Waals surface area contributed by atoms with E-state index in [0.29, 0.717) is 72.7 Å². The molecule has 0 bridgehead atoms. The maximum absolute atomic E-state index is 11.3. The highest BCUT2D eigenvalue weighted by Gasteiger charge is 2.22. The monoisotopic (exact) mass is 479 g/mol. The normalized spacial score (nSPS) is 13.6. The molecule has 0 saturated carbocycles. The van der Waals surface area contributed by atoms with E-state index in [9.17, 15) is 9.59 Å². The van der Waals surface area contributed by atoms with Crippen LogP contribution in [0.25, 0.3) is 0 Å². The van der Waals surface area contributed by atoms with Gasteiger partial charge in [-0.2, -0.15) is 0 Å². The van der Waals surface area contributed by atoms with E-state index in [0.717, 1.165) is 36.6 Å². The summed E-state index contributed by atoms with van der Waals surface area (Å²) >= 11 is 5.63. The minimum atomic E-state index is -0.297. The van der Waals surface area contributed by atoms with Gasteiger partial charge in [-0.1, -0.05) is 12.8 Å². The largest absolute Gasteiger partial charge is 0.379 e. The summed E-state index contributed by atoms with van der Waals surface area (Å²) < 4.78 is 32.5. The van der Waals surface area contributed by atoms with Crippen LogP contribution in [-0.4, -0.2) is 108 Å². The Kier molecular flexibility index (Phi) is 19.7. The third-order valence-corrected chi connectivity index (χ3v) is 4.66. The zero-order valence-corrected chi connectivity index (χ0v) is 19.7. The lowest BCUT2D eigenvalue weighted by Gasteiger charge is -2.13. The first-order chi connectivity index (χ1) is 15.8. The van der Waals surface area contributed by atoms with E-state index in [1.807, 2.05) is 0 Å². The lowest BCUT2D eigenvalue weighted by Crippen LogP contribution is -2.33. The predicted octanol–water partition coefficient (Wildman–Crippen LogP) is 1.81. The van der Waals surface area contributed by atoms with E-state index < -0.39 is 0 Å². The average molecular weight is 480 g/mol. The Morgan fingerprint density at radius 1 is 0.531 bits per heavy atom. The van der Waals surface area contributed by atoms with Gasteiger partial charge in [0, 0.05) is 24.6 Å². The molecule has 10 heteroatoms. The molecule has 0 unspecified atom stereocenters. The maximum Gasteiger partial charge on any atom is 0.253 e. The summed E-state index contributed by atoms with van der Waals surface area (Å²) in [6.45, 7) is 6.35. The maximum atomic E-state index is 11.3. The molecular weight excluding hydrogens is 442 g/mol. The van der Waals surface area contributed by atoms with Crippen molar-refractivity contribution in [2.75, 3.05) is 91.7 Å². The Morgan fingerprint density at radius 3 is 1.34 bits per heavy atom. The molecule has 9 nitrogen and oxygen atoms in total. The quantitative estimate of drug-likeness (QED) is 0.117. The van der Waals surface area contributed by atoms with Gasteiger partial charge in [0.2, 0.25) is 0 Å².